The second-order valence-corrected chi connectivity index (χ2v) is 4.06. The van der Waals surface area contributed by atoms with E-state index in [4.69, 9.17) is 5.73 Å². The molecular weight excluding hydrogens is 215 g/mol. The average molecular weight is 234 g/mol. The zero-order chi connectivity index (χ0) is 11.1. The number of aliphatic carboxylic acids is 1. The van der Waals surface area contributed by atoms with E-state index in [1.165, 1.54) is 25.7 Å². The van der Waals surface area contributed by atoms with Gasteiger partial charge in [0.05, 0.1) is 0 Å². The first-order chi connectivity index (χ1) is 7.20. The van der Waals surface area contributed by atoms with Gasteiger partial charge in [-0.1, -0.05) is 12.8 Å². The molecule has 0 aliphatic heterocycles. The van der Waals surface area contributed by atoms with Crippen LogP contribution in [0.3, 0.4) is 0 Å². The van der Waals surface area contributed by atoms with Crippen molar-refractivity contribution in [3.05, 3.63) is 11.9 Å². The molecule has 0 bridgehead atoms. The Hall–Kier alpha value is -0.190. The Kier molecular flexibility index (Phi) is 8.80. The number of nitrogens with one attached hydrogen (secondary N) is 1. The molecule has 1 aliphatic carbocycles. The Morgan fingerprint density at radius 2 is 2.06 bits per heavy atom. The molecule has 3 N–H and O–H groups in total. The number of carbonyl (C=O) groups excluding carboxylic acids is 1. The van der Waals surface area contributed by atoms with E-state index in [1.54, 1.807) is 0 Å². The van der Waals surface area contributed by atoms with Crippen LogP contribution in [0.15, 0.2) is 11.9 Å². The van der Waals surface area contributed by atoms with Crippen molar-refractivity contribution in [1.82, 2.24) is 5.32 Å². The molecule has 1 aliphatic rings. The minimum Gasteiger partial charge on any atom is -0.550 e. The molecule has 0 aromatic carbocycles. The maximum atomic E-state index is 10.1. The van der Waals surface area contributed by atoms with Crippen LogP contribution in [0.25, 0.3) is 0 Å². The molecule has 0 atom stereocenters. The molecule has 1 fully saturated rings. The minimum atomic E-state index is -0.996. The number of allylic oxidation sites excluding steroid dienone is 1. The third-order valence-electron chi connectivity index (χ3n) is 2.80. The third kappa shape index (κ3) is 6.40. The summed E-state index contributed by atoms with van der Waals surface area (Å²) in [6, 6.07) is 0. The summed E-state index contributed by atoms with van der Waals surface area (Å²) in [5.41, 5.74) is 6.79. The maximum Gasteiger partial charge on any atom is 1.00 e. The molecule has 16 heavy (non-hydrogen) atoms. The zero-order valence-corrected chi connectivity index (χ0v) is 12.0. The van der Waals surface area contributed by atoms with Crippen LogP contribution in [0.1, 0.15) is 38.5 Å². The van der Waals surface area contributed by atoms with Crippen molar-refractivity contribution in [2.24, 2.45) is 11.7 Å². The van der Waals surface area contributed by atoms with Gasteiger partial charge in [-0.05, 0) is 31.6 Å². The number of rotatable bonds is 6. The molecule has 0 radical (unpaired) electrons. The molecule has 0 aromatic heterocycles. The number of hydrogen-bond donors (Lipinski definition) is 2. The molecular formula is C11H19N2NaO2. The maximum absolute atomic E-state index is 10.1. The summed E-state index contributed by atoms with van der Waals surface area (Å²) in [5, 5.41) is 13.2. The van der Waals surface area contributed by atoms with Crippen molar-refractivity contribution in [3.63, 3.8) is 0 Å². The quantitative estimate of drug-likeness (QED) is 0.382. The van der Waals surface area contributed by atoms with Gasteiger partial charge in [-0.15, -0.1) is 0 Å². The van der Waals surface area contributed by atoms with E-state index < -0.39 is 5.97 Å². The zero-order valence-electron chi connectivity index (χ0n) is 10.00. The first-order valence-electron chi connectivity index (χ1n) is 5.59. The monoisotopic (exact) mass is 234 g/mol. The summed E-state index contributed by atoms with van der Waals surface area (Å²) in [6.07, 6.45) is 7.41. The second kappa shape index (κ2) is 8.90. The topological polar surface area (TPSA) is 78.2 Å². The Morgan fingerprint density at radius 3 is 2.62 bits per heavy atom. The van der Waals surface area contributed by atoms with E-state index in [1.807, 2.05) is 6.20 Å². The standard InChI is InChI=1S/C11H20N2O2.Na/c12-10(9-4-1-2-5-9)8-13-7-3-6-11(14)15;/h8-9,13H,1-7,12H2,(H,14,15);/q;+1/p-1/b10-8-;. The van der Waals surface area contributed by atoms with Crippen LogP contribution >= 0.6 is 0 Å². The number of carboxylic acids is 1. The summed E-state index contributed by atoms with van der Waals surface area (Å²) in [4.78, 5) is 10.1. The fraction of sp³-hybridized carbons (Fsp3) is 0.727. The van der Waals surface area contributed by atoms with E-state index >= 15 is 0 Å². The number of hydrogen-bond acceptors (Lipinski definition) is 4. The molecule has 0 unspecified atom stereocenters. The first kappa shape index (κ1) is 15.8. The van der Waals surface area contributed by atoms with Crippen molar-refractivity contribution in [1.29, 1.82) is 0 Å². The van der Waals surface area contributed by atoms with Crippen LogP contribution in [-0.2, 0) is 4.79 Å². The Bertz CT molecular complexity index is 238. The minimum absolute atomic E-state index is 0. The summed E-state index contributed by atoms with van der Waals surface area (Å²) in [6.45, 7) is 0.640. The fourth-order valence-corrected chi connectivity index (χ4v) is 1.90. The van der Waals surface area contributed by atoms with E-state index in [-0.39, 0.29) is 36.0 Å². The van der Waals surface area contributed by atoms with Gasteiger partial charge in [0.1, 0.15) is 0 Å². The van der Waals surface area contributed by atoms with Crippen LogP contribution in [-0.4, -0.2) is 12.5 Å². The van der Waals surface area contributed by atoms with Crippen molar-refractivity contribution < 1.29 is 39.5 Å². The second-order valence-electron chi connectivity index (χ2n) is 4.06. The van der Waals surface area contributed by atoms with Crippen LogP contribution in [0.5, 0.6) is 0 Å². The third-order valence-corrected chi connectivity index (χ3v) is 2.80. The van der Waals surface area contributed by atoms with Crippen molar-refractivity contribution in [3.8, 4) is 0 Å². The van der Waals surface area contributed by atoms with Gasteiger partial charge in [0.15, 0.2) is 0 Å². The summed E-state index contributed by atoms with van der Waals surface area (Å²) in [5.74, 6) is -0.469. The van der Waals surface area contributed by atoms with E-state index in [0.29, 0.717) is 18.9 Å². The van der Waals surface area contributed by atoms with Gasteiger partial charge in [0.2, 0.25) is 0 Å². The van der Waals surface area contributed by atoms with E-state index in [9.17, 15) is 9.90 Å². The van der Waals surface area contributed by atoms with E-state index in [0.717, 1.165) is 5.70 Å². The predicted octanol–water partition coefficient (Wildman–Crippen LogP) is -2.90. The van der Waals surface area contributed by atoms with Gasteiger partial charge in [-0.2, -0.15) is 0 Å². The summed E-state index contributed by atoms with van der Waals surface area (Å²) in [7, 11) is 0. The van der Waals surface area contributed by atoms with Crippen molar-refractivity contribution in [2.45, 2.75) is 38.5 Å². The molecule has 86 valence electrons. The first-order valence-corrected chi connectivity index (χ1v) is 5.59. The SMILES string of the molecule is N/C(=C\NCCCC(=O)[O-])C1CCCC1.[Na+]. The number of carboxylic acid groups (broad SMARTS) is 1. The Balaban J connectivity index is 0.00000225. The van der Waals surface area contributed by atoms with Gasteiger partial charge in [0, 0.05) is 24.4 Å². The summed E-state index contributed by atoms with van der Waals surface area (Å²) >= 11 is 0. The van der Waals surface area contributed by atoms with Gasteiger partial charge in [-0.3, -0.25) is 0 Å². The van der Waals surface area contributed by atoms with E-state index in [2.05, 4.69) is 5.32 Å². The largest absolute Gasteiger partial charge is 1.00 e. The summed E-state index contributed by atoms with van der Waals surface area (Å²) < 4.78 is 0. The molecule has 1 saturated carbocycles. The molecule has 0 amide bonds. The normalized spacial score (nSPS) is 16.9. The molecule has 0 aromatic rings. The van der Waals surface area contributed by atoms with Crippen LogP contribution in [0, 0.1) is 5.92 Å². The molecule has 0 saturated heterocycles. The van der Waals surface area contributed by atoms with Crippen LogP contribution in [0.2, 0.25) is 0 Å². The fourth-order valence-electron chi connectivity index (χ4n) is 1.90. The molecule has 0 heterocycles. The van der Waals surface area contributed by atoms with Gasteiger partial charge < -0.3 is 21.0 Å². The van der Waals surface area contributed by atoms with Crippen molar-refractivity contribution in [2.75, 3.05) is 6.54 Å². The number of nitrogens with two attached hydrogens (primary N) is 1. The van der Waals surface area contributed by atoms with Gasteiger partial charge in [0.25, 0.3) is 0 Å². The van der Waals surface area contributed by atoms with Gasteiger partial charge in [-0.25, -0.2) is 0 Å². The smallest absolute Gasteiger partial charge is 0.550 e. The molecule has 1 rings (SSSR count). The van der Waals surface area contributed by atoms with Crippen LogP contribution < -0.4 is 45.7 Å². The average Bonchev–Trinajstić information content (AvgIpc) is 2.69. The number of carbonyl (C=O) groups is 1. The van der Waals surface area contributed by atoms with Gasteiger partial charge >= 0.3 is 29.6 Å². The molecule has 5 heteroatoms. The van der Waals surface area contributed by atoms with Crippen LogP contribution in [0.4, 0.5) is 0 Å². The molecule has 4 nitrogen and oxygen atoms in total. The molecule has 0 spiro atoms. The van der Waals surface area contributed by atoms with Crippen molar-refractivity contribution >= 4 is 5.97 Å². The predicted molar refractivity (Wildman–Crippen MR) is 56.5 cm³/mol. The Labute approximate surface area is 119 Å². The Morgan fingerprint density at radius 1 is 1.44 bits per heavy atom.